The number of hydrogen-bond acceptors (Lipinski definition) is 2. The first-order valence-corrected chi connectivity index (χ1v) is 8.03. The Balaban J connectivity index is 1.96. The fourth-order valence-corrected chi connectivity index (χ4v) is 3.17. The molecule has 1 fully saturated rings. The van der Waals surface area contributed by atoms with Gasteiger partial charge in [0.1, 0.15) is 0 Å². The third kappa shape index (κ3) is 4.94. The minimum atomic E-state index is 0.497. The molecule has 1 aromatic heterocycles. The second kappa shape index (κ2) is 8.31. The summed E-state index contributed by atoms with van der Waals surface area (Å²) in [5.41, 5.74) is 1.36. The quantitative estimate of drug-likeness (QED) is 0.763. The van der Waals surface area contributed by atoms with E-state index in [0.29, 0.717) is 6.04 Å². The van der Waals surface area contributed by atoms with Crippen molar-refractivity contribution >= 4 is 0 Å². The van der Waals surface area contributed by atoms with Crippen LogP contribution in [0.5, 0.6) is 0 Å². The Bertz CT molecular complexity index is 328. The molecule has 106 valence electrons. The van der Waals surface area contributed by atoms with Crippen molar-refractivity contribution < 1.29 is 0 Å². The predicted molar refractivity (Wildman–Crippen MR) is 81.1 cm³/mol. The Labute approximate surface area is 118 Å². The summed E-state index contributed by atoms with van der Waals surface area (Å²) in [5.74, 6) is 0.900. The van der Waals surface area contributed by atoms with Crippen LogP contribution in [0.15, 0.2) is 24.5 Å². The van der Waals surface area contributed by atoms with Crippen LogP contribution in [0, 0.1) is 5.92 Å². The van der Waals surface area contributed by atoms with Crippen molar-refractivity contribution in [3.8, 4) is 0 Å². The van der Waals surface area contributed by atoms with E-state index in [0.717, 1.165) is 12.5 Å². The second-order valence-corrected chi connectivity index (χ2v) is 5.89. The van der Waals surface area contributed by atoms with Crippen molar-refractivity contribution in [2.75, 3.05) is 6.54 Å². The molecule has 1 unspecified atom stereocenters. The maximum atomic E-state index is 4.29. The van der Waals surface area contributed by atoms with Gasteiger partial charge in [0.25, 0.3) is 0 Å². The van der Waals surface area contributed by atoms with Crippen molar-refractivity contribution in [1.82, 2.24) is 10.3 Å². The van der Waals surface area contributed by atoms with Gasteiger partial charge in [0, 0.05) is 18.4 Å². The normalized spacial score (nSPS) is 19.0. The first-order chi connectivity index (χ1) is 9.40. The lowest BCUT2D eigenvalue weighted by atomic mass is 9.90. The van der Waals surface area contributed by atoms with Crippen LogP contribution in [0.4, 0.5) is 0 Å². The molecule has 1 aliphatic carbocycles. The molecule has 2 rings (SSSR count). The van der Waals surface area contributed by atoms with Crippen LogP contribution < -0.4 is 5.32 Å². The first-order valence-electron chi connectivity index (χ1n) is 8.03. The van der Waals surface area contributed by atoms with E-state index in [9.17, 15) is 0 Å². The van der Waals surface area contributed by atoms with Crippen molar-refractivity contribution in [1.29, 1.82) is 0 Å². The van der Waals surface area contributed by atoms with Crippen molar-refractivity contribution in [3.63, 3.8) is 0 Å². The molecular formula is C17H28N2. The summed E-state index contributed by atoms with van der Waals surface area (Å²) >= 11 is 0. The third-order valence-electron chi connectivity index (χ3n) is 4.27. The maximum Gasteiger partial charge on any atom is 0.0338 e. The molecule has 0 amide bonds. The number of nitrogens with one attached hydrogen (secondary N) is 1. The largest absolute Gasteiger partial charge is 0.310 e. The molecule has 1 saturated carbocycles. The van der Waals surface area contributed by atoms with Gasteiger partial charge >= 0.3 is 0 Å². The summed E-state index contributed by atoms with van der Waals surface area (Å²) in [4.78, 5) is 4.29. The van der Waals surface area contributed by atoms with E-state index in [1.807, 2.05) is 12.4 Å². The molecule has 19 heavy (non-hydrogen) atoms. The molecule has 0 spiro atoms. The van der Waals surface area contributed by atoms with E-state index in [1.54, 1.807) is 0 Å². The van der Waals surface area contributed by atoms with Gasteiger partial charge in [0.05, 0.1) is 0 Å². The number of nitrogens with zero attached hydrogens (tertiary/aromatic N) is 1. The monoisotopic (exact) mass is 260 g/mol. The predicted octanol–water partition coefficient (Wildman–Crippen LogP) is 4.48. The molecule has 1 aromatic rings. The van der Waals surface area contributed by atoms with Crippen molar-refractivity contribution in [2.24, 2.45) is 5.92 Å². The topological polar surface area (TPSA) is 24.9 Å². The molecular weight excluding hydrogens is 232 g/mol. The molecule has 0 saturated heterocycles. The van der Waals surface area contributed by atoms with Gasteiger partial charge in [0.2, 0.25) is 0 Å². The van der Waals surface area contributed by atoms with Gasteiger partial charge in [-0.2, -0.15) is 0 Å². The van der Waals surface area contributed by atoms with E-state index < -0.39 is 0 Å². The molecule has 1 heterocycles. The van der Waals surface area contributed by atoms with Crippen LogP contribution >= 0.6 is 0 Å². The molecule has 1 atom stereocenters. The van der Waals surface area contributed by atoms with Crippen molar-refractivity contribution in [3.05, 3.63) is 30.1 Å². The molecule has 2 nitrogen and oxygen atoms in total. The summed E-state index contributed by atoms with van der Waals surface area (Å²) in [6.45, 7) is 3.34. The fourth-order valence-electron chi connectivity index (χ4n) is 3.17. The highest BCUT2D eigenvalue weighted by Gasteiger charge is 2.19. The van der Waals surface area contributed by atoms with E-state index in [4.69, 9.17) is 0 Å². The minimum Gasteiger partial charge on any atom is -0.310 e. The Hall–Kier alpha value is -0.890. The van der Waals surface area contributed by atoms with Crippen LogP contribution in [0.25, 0.3) is 0 Å². The summed E-state index contributed by atoms with van der Waals surface area (Å²) in [6, 6.07) is 4.77. The second-order valence-electron chi connectivity index (χ2n) is 5.89. The Morgan fingerprint density at radius 3 is 2.68 bits per heavy atom. The van der Waals surface area contributed by atoms with E-state index in [2.05, 4.69) is 29.4 Å². The average molecular weight is 260 g/mol. The van der Waals surface area contributed by atoms with Crippen LogP contribution in [0.3, 0.4) is 0 Å². The fraction of sp³-hybridized carbons (Fsp3) is 0.706. The highest BCUT2D eigenvalue weighted by Crippen LogP contribution is 2.30. The van der Waals surface area contributed by atoms with Crippen LogP contribution in [-0.4, -0.2) is 11.5 Å². The van der Waals surface area contributed by atoms with E-state index in [-0.39, 0.29) is 0 Å². The molecule has 1 N–H and O–H groups in total. The molecule has 2 heteroatoms. The summed E-state index contributed by atoms with van der Waals surface area (Å²) in [6.07, 6.45) is 15.0. The molecule has 0 bridgehead atoms. The van der Waals surface area contributed by atoms with Gasteiger partial charge in [-0.15, -0.1) is 0 Å². The SMILES string of the molecule is CCCNC(CC1CCCCCC1)c1cccnc1. The number of hydrogen-bond donors (Lipinski definition) is 1. The zero-order valence-electron chi connectivity index (χ0n) is 12.3. The molecule has 0 radical (unpaired) electrons. The maximum absolute atomic E-state index is 4.29. The lowest BCUT2D eigenvalue weighted by molar-refractivity contribution is 0.356. The zero-order valence-corrected chi connectivity index (χ0v) is 12.3. The highest BCUT2D eigenvalue weighted by molar-refractivity contribution is 5.14. The molecule has 1 aliphatic rings. The Morgan fingerprint density at radius 1 is 1.26 bits per heavy atom. The van der Waals surface area contributed by atoms with Gasteiger partial charge < -0.3 is 5.32 Å². The van der Waals surface area contributed by atoms with Crippen LogP contribution in [-0.2, 0) is 0 Å². The third-order valence-corrected chi connectivity index (χ3v) is 4.27. The molecule has 0 aromatic carbocycles. The lowest BCUT2D eigenvalue weighted by Gasteiger charge is -2.24. The highest BCUT2D eigenvalue weighted by atomic mass is 14.9. The van der Waals surface area contributed by atoms with Crippen molar-refractivity contribution in [2.45, 2.75) is 64.3 Å². The van der Waals surface area contributed by atoms with Crippen LogP contribution in [0.1, 0.15) is 69.9 Å². The first kappa shape index (κ1) is 14.5. The smallest absolute Gasteiger partial charge is 0.0338 e. The standard InChI is InChI=1S/C17H28N2/c1-2-11-19-17(16-10-7-12-18-14-16)13-15-8-5-3-4-6-9-15/h7,10,12,14-15,17,19H,2-6,8-9,11,13H2,1H3. The van der Waals surface area contributed by atoms with Gasteiger partial charge in [-0.05, 0) is 36.9 Å². The average Bonchev–Trinajstić information content (AvgIpc) is 2.73. The number of aromatic nitrogens is 1. The lowest BCUT2D eigenvalue weighted by Crippen LogP contribution is -2.24. The van der Waals surface area contributed by atoms with E-state index in [1.165, 1.54) is 56.9 Å². The molecule has 0 aliphatic heterocycles. The van der Waals surface area contributed by atoms with Gasteiger partial charge in [-0.25, -0.2) is 0 Å². The van der Waals surface area contributed by atoms with Gasteiger partial charge in [0.15, 0.2) is 0 Å². The van der Waals surface area contributed by atoms with E-state index >= 15 is 0 Å². The van der Waals surface area contributed by atoms with Gasteiger partial charge in [-0.1, -0.05) is 51.5 Å². The minimum absolute atomic E-state index is 0.497. The zero-order chi connectivity index (χ0) is 13.3. The summed E-state index contributed by atoms with van der Waals surface area (Å²) < 4.78 is 0. The number of rotatable bonds is 6. The Morgan fingerprint density at radius 2 is 2.05 bits per heavy atom. The van der Waals surface area contributed by atoms with Crippen LogP contribution in [0.2, 0.25) is 0 Å². The van der Waals surface area contributed by atoms with Gasteiger partial charge in [-0.3, -0.25) is 4.98 Å². The summed E-state index contributed by atoms with van der Waals surface area (Å²) in [7, 11) is 0. The Kier molecular flexibility index (Phi) is 6.35. The summed E-state index contributed by atoms with van der Waals surface area (Å²) in [5, 5.41) is 3.71. The number of pyridine rings is 1.